The van der Waals surface area contributed by atoms with E-state index in [0.717, 1.165) is 0 Å². The molecule has 0 unspecified atom stereocenters. The zero-order chi connectivity index (χ0) is 17.7. The first-order chi connectivity index (χ1) is 10.7. The lowest BCUT2D eigenvalue weighted by Gasteiger charge is -2.34. The van der Waals surface area contributed by atoms with Crippen LogP contribution in [0.15, 0.2) is 24.3 Å². The van der Waals surface area contributed by atoms with Gasteiger partial charge in [-0.1, -0.05) is 13.8 Å². The molecule has 128 valence electrons. The molecule has 0 aliphatic carbocycles. The van der Waals surface area contributed by atoms with Crippen LogP contribution in [-0.4, -0.2) is 35.8 Å². The molecule has 0 saturated carbocycles. The highest BCUT2D eigenvalue weighted by Crippen LogP contribution is 2.23. The smallest absolute Gasteiger partial charge is 0.226 e. The van der Waals surface area contributed by atoms with Gasteiger partial charge in [-0.25, -0.2) is 0 Å². The van der Waals surface area contributed by atoms with Crippen LogP contribution in [0.1, 0.15) is 51.9 Å². The van der Waals surface area contributed by atoms with E-state index < -0.39 is 0 Å². The van der Waals surface area contributed by atoms with Gasteiger partial charge < -0.3 is 9.64 Å². The molecule has 4 nitrogen and oxygen atoms in total. The number of rotatable bonds is 7. The Balaban J connectivity index is 2.91. The summed E-state index contributed by atoms with van der Waals surface area (Å²) in [5.41, 5.74) is 0.610. The van der Waals surface area contributed by atoms with E-state index in [1.807, 2.05) is 46.4 Å². The van der Waals surface area contributed by atoms with E-state index >= 15 is 0 Å². The molecular formula is C19H29NO3. The number of hydrogen-bond donors (Lipinski definition) is 0. The van der Waals surface area contributed by atoms with Crippen LogP contribution in [0.2, 0.25) is 0 Å². The molecule has 2 atom stereocenters. The van der Waals surface area contributed by atoms with E-state index in [4.69, 9.17) is 4.74 Å². The predicted molar refractivity (Wildman–Crippen MR) is 92.8 cm³/mol. The van der Waals surface area contributed by atoms with E-state index in [1.165, 1.54) is 0 Å². The molecule has 0 aromatic heterocycles. The van der Waals surface area contributed by atoms with Crippen LogP contribution in [0.25, 0.3) is 0 Å². The number of hydrogen-bond acceptors (Lipinski definition) is 3. The van der Waals surface area contributed by atoms with Crippen molar-refractivity contribution < 1.29 is 14.3 Å². The van der Waals surface area contributed by atoms with Gasteiger partial charge in [-0.2, -0.15) is 0 Å². The lowest BCUT2D eigenvalue weighted by Crippen LogP contribution is -2.46. The first-order valence-electron chi connectivity index (χ1n) is 8.21. The molecule has 0 saturated heterocycles. The molecule has 23 heavy (non-hydrogen) atoms. The largest absolute Gasteiger partial charge is 0.497 e. The third-order valence-corrected chi connectivity index (χ3v) is 4.29. The topological polar surface area (TPSA) is 46.6 Å². The van der Waals surface area contributed by atoms with Gasteiger partial charge in [0.1, 0.15) is 5.75 Å². The van der Waals surface area contributed by atoms with Gasteiger partial charge in [0.25, 0.3) is 0 Å². The Morgan fingerprint density at radius 1 is 0.870 bits per heavy atom. The zero-order valence-electron chi connectivity index (χ0n) is 15.3. The summed E-state index contributed by atoms with van der Waals surface area (Å²) in [4.78, 5) is 27.2. The molecule has 0 heterocycles. The summed E-state index contributed by atoms with van der Waals surface area (Å²) in [6.07, 6.45) is 0. The maximum absolute atomic E-state index is 12.8. The van der Waals surface area contributed by atoms with Crippen molar-refractivity contribution in [3.63, 3.8) is 0 Å². The van der Waals surface area contributed by atoms with Crippen LogP contribution in [0.4, 0.5) is 0 Å². The Kier molecular flexibility index (Phi) is 6.79. The minimum atomic E-state index is -0.365. The number of nitrogens with zero attached hydrogens (tertiary/aromatic N) is 1. The van der Waals surface area contributed by atoms with Gasteiger partial charge in [-0.3, -0.25) is 9.59 Å². The van der Waals surface area contributed by atoms with E-state index in [0.29, 0.717) is 11.3 Å². The van der Waals surface area contributed by atoms with E-state index in [9.17, 15) is 9.59 Å². The van der Waals surface area contributed by atoms with E-state index in [1.54, 1.807) is 31.4 Å². The van der Waals surface area contributed by atoms with Crippen molar-refractivity contribution in [2.24, 2.45) is 11.8 Å². The molecule has 0 spiro atoms. The zero-order valence-corrected chi connectivity index (χ0v) is 15.3. The Bertz CT molecular complexity index is 526. The first-order valence-corrected chi connectivity index (χ1v) is 8.21. The first kappa shape index (κ1) is 19.2. The van der Waals surface area contributed by atoms with Gasteiger partial charge in [0, 0.05) is 29.5 Å². The van der Waals surface area contributed by atoms with Crippen molar-refractivity contribution in [2.75, 3.05) is 7.11 Å². The second kappa shape index (κ2) is 8.14. The quantitative estimate of drug-likeness (QED) is 0.718. The molecule has 0 N–H and O–H groups in total. The highest BCUT2D eigenvalue weighted by atomic mass is 16.5. The second-order valence-corrected chi connectivity index (χ2v) is 6.60. The normalized spacial score (nSPS) is 13.8. The molecule has 0 aliphatic rings. The molecule has 1 aromatic carbocycles. The van der Waals surface area contributed by atoms with Gasteiger partial charge >= 0.3 is 0 Å². The van der Waals surface area contributed by atoms with Crippen molar-refractivity contribution in [3.8, 4) is 5.75 Å². The fourth-order valence-electron chi connectivity index (χ4n) is 2.80. The molecule has 1 aromatic rings. The molecule has 1 amide bonds. The van der Waals surface area contributed by atoms with Gasteiger partial charge in [-0.05, 0) is 52.0 Å². The summed E-state index contributed by atoms with van der Waals surface area (Å²) >= 11 is 0. The molecule has 0 aliphatic heterocycles. The average Bonchev–Trinajstić information content (AvgIpc) is 2.52. The molecule has 0 radical (unpaired) electrons. The standard InChI is InChI=1S/C19H29NO3/c1-12(2)20(13(3)4)19(22)15(6)14(5)18(21)16-8-10-17(23-7)11-9-16/h8-15H,1-7H3/t14-,15+/m0/s1. The predicted octanol–water partition coefficient (Wildman–Crippen LogP) is 3.80. The van der Waals surface area contributed by atoms with Gasteiger partial charge in [0.15, 0.2) is 5.78 Å². The number of carbonyl (C=O) groups excluding carboxylic acids is 2. The minimum absolute atomic E-state index is 0.0130. The minimum Gasteiger partial charge on any atom is -0.497 e. The lowest BCUT2D eigenvalue weighted by atomic mass is 9.87. The molecular weight excluding hydrogens is 290 g/mol. The van der Waals surface area contributed by atoms with Crippen LogP contribution >= 0.6 is 0 Å². The third-order valence-electron chi connectivity index (χ3n) is 4.29. The summed E-state index contributed by atoms with van der Waals surface area (Å²) in [6.45, 7) is 11.7. The van der Waals surface area contributed by atoms with Crippen molar-refractivity contribution in [3.05, 3.63) is 29.8 Å². The molecule has 1 rings (SSSR count). The average molecular weight is 319 g/mol. The number of Topliss-reactive ketones (excluding diaryl/α,β-unsaturated/α-hetero) is 1. The Morgan fingerprint density at radius 2 is 1.35 bits per heavy atom. The number of carbonyl (C=O) groups is 2. The van der Waals surface area contributed by atoms with Crippen molar-refractivity contribution >= 4 is 11.7 Å². The second-order valence-electron chi connectivity index (χ2n) is 6.60. The van der Waals surface area contributed by atoms with E-state index in [2.05, 4.69) is 0 Å². The van der Waals surface area contributed by atoms with Gasteiger partial charge in [-0.15, -0.1) is 0 Å². The van der Waals surface area contributed by atoms with Crippen LogP contribution in [0, 0.1) is 11.8 Å². The third kappa shape index (κ3) is 4.57. The highest BCUT2D eigenvalue weighted by Gasteiger charge is 2.32. The van der Waals surface area contributed by atoms with Crippen molar-refractivity contribution in [2.45, 2.75) is 53.6 Å². The van der Waals surface area contributed by atoms with Crippen LogP contribution in [0.3, 0.4) is 0 Å². The molecule has 4 heteroatoms. The Hall–Kier alpha value is -1.84. The summed E-state index contributed by atoms with van der Waals surface area (Å²) in [5.74, 6) is 0.0137. The fourth-order valence-corrected chi connectivity index (χ4v) is 2.80. The van der Waals surface area contributed by atoms with Crippen molar-refractivity contribution in [1.29, 1.82) is 0 Å². The monoisotopic (exact) mass is 319 g/mol. The number of ether oxygens (including phenoxy) is 1. The molecule has 0 fully saturated rings. The Labute approximate surface area is 139 Å². The number of benzene rings is 1. The SMILES string of the molecule is COc1ccc(C(=O)[C@@H](C)[C@@H](C)C(=O)N(C(C)C)C(C)C)cc1. The summed E-state index contributed by atoms with van der Waals surface area (Å²) in [7, 11) is 1.59. The lowest BCUT2D eigenvalue weighted by molar-refractivity contribution is -0.139. The maximum Gasteiger partial charge on any atom is 0.226 e. The van der Waals surface area contributed by atoms with Crippen LogP contribution < -0.4 is 4.74 Å². The highest BCUT2D eigenvalue weighted by molar-refractivity contribution is 6.00. The summed E-state index contributed by atoms with van der Waals surface area (Å²) < 4.78 is 5.11. The number of methoxy groups -OCH3 is 1. The maximum atomic E-state index is 12.8. The van der Waals surface area contributed by atoms with E-state index in [-0.39, 0.29) is 35.6 Å². The van der Waals surface area contributed by atoms with Crippen molar-refractivity contribution in [1.82, 2.24) is 4.90 Å². The van der Waals surface area contributed by atoms with Gasteiger partial charge in [0.05, 0.1) is 7.11 Å². The number of ketones is 1. The Morgan fingerprint density at radius 3 is 1.74 bits per heavy atom. The summed E-state index contributed by atoms with van der Waals surface area (Å²) in [6, 6.07) is 7.26. The summed E-state index contributed by atoms with van der Waals surface area (Å²) in [5, 5.41) is 0. The molecule has 0 bridgehead atoms. The van der Waals surface area contributed by atoms with Crippen LogP contribution in [-0.2, 0) is 4.79 Å². The fraction of sp³-hybridized carbons (Fsp3) is 0.579. The van der Waals surface area contributed by atoms with Gasteiger partial charge in [0.2, 0.25) is 5.91 Å². The van der Waals surface area contributed by atoms with Crippen LogP contribution in [0.5, 0.6) is 5.75 Å². The number of amides is 1.